The molecule has 10 heteroatoms. The fraction of sp³-hybridized carbons (Fsp3) is 0.300. The molecule has 2 aromatic carbocycles. The van der Waals surface area contributed by atoms with E-state index >= 15 is 0 Å². The first kappa shape index (κ1) is 22.6. The number of hydrogen-bond acceptors (Lipinski definition) is 7. The Morgan fingerprint density at radius 3 is 2.07 bits per heavy atom. The van der Waals surface area contributed by atoms with Crippen LogP contribution >= 0.6 is 0 Å². The van der Waals surface area contributed by atoms with Crippen molar-refractivity contribution in [2.24, 2.45) is 0 Å². The first-order valence-electron chi connectivity index (χ1n) is 9.15. The molecule has 2 rings (SSSR count). The molecule has 0 aliphatic heterocycles. The quantitative estimate of drug-likeness (QED) is 0.451. The third-order valence-electron chi connectivity index (χ3n) is 4.23. The Hall–Kier alpha value is -3.66. The second-order valence-corrected chi connectivity index (χ2v) is 6.24. The molecular formula is C20H24N4O6. The summed E-state index contributed by atoms with van der Waals surface area (Å²) in [6, 6.07) is 10.9. The van der Waals surface area contributed by atoms with Crippen molar-refractivity contribution in [3.05, 3.63) is 52.6 Å². The monoisotopic (exact) mass is 416 g/mol. The minimum absolute atomic E-state index is 0.000630. The fourth-order valence-electron chi connectivity index (χ4n) is 2.71. The fourth-order valence-corrected chi connectivity index (χ4v) is 2.71. The first-order valence-corrected chi connectivity index (χ1v) is 9.15. The van der Waals surface area contributed by atoms with Crippen molar-refractivity contribution in [1.29, 1.82) is 0 Å². The largest absolute Gasteiger partial charge is 0.495 e. The summed E-state index contributed by atoms with van der Waals surface area (Å²) in [5.74, 6) is 0.0441. The van der Waals surface area contributed by atoms with Crippen LogP contribution in [0, 0.1) is 10.1 Å². The van der Waals surface area contributed by atoms with Gasteiger partial charge in [0.1, 0.15) is 11.5 Å². The van der Waals surface area contributed by atoms with Gasteiger partial charge in [-0.25, -0.2) is 0 Å². The summed E-state index contributed by atoms with van der Waals surface area (Å²) in [5.41, 5.74) is 0.705. The van der Waals surface area contributed by atoms with Crippen molar-refractivity contribution in [2.75, 3.05) is 44.5 Å². The third kappa shape index (κ3) is 6.17. The SMILES string of the molecule is CCN(CC(=O)Nc1ccccc1OC)CC(=O)Nc1ccc([N+](=O)[O-])cc1OC. The summed E-state index contributed by atoms with van der Waals surface area (Å²) >= 11 is 0. The summed E-state index contributed by atoms with van der Waals surface area (Å²) in [4.78, 5) is 36.8. The number of likely N-dealkylation sites (N-methyl/N-ethyl adjacent to an activating group) is 1. The predicted octanol–water partition coefficient (Wildman–Crippen LogP) is 2.51. The second-order valence-electron chi connectivity index (χ2n) is 6.24. The van der Waals surface area contributed by atoms with E-state index in [0.29, 0.717) is 23.7 Å². The molecule has 0 saturated heterocycles. The van der Waals surface area contributed by atoms with Gasteiger partial charge in [0.25, 0.3) is 5.69 Å². The molecule has 0 radical (unpaired) electrons. The Labute approximate surface area is 173 Å². The number of carbonyl (C=O) groups excluding carboxylic acids is 2. The number of nitrogens with one attached hydrogen (secondary N) is 2. The van der Waals surface area contributed by atoms with Gasteiger partial charge in [-0.05, 0) is 24.7 Å². The van der Waals surface area contributed by atoms with Crippen LogP contribution in [0.2, 0.25) is 0 Å². The number of para-hydroxylation sites is 2. The van der Waals surface area contributed by atoms with Gasteiger partial charge < -0.3 is 20.1 Å². The summed E-state index contributed by atoms with van der Waals surface area (Å²) in [5, 5.41) is 16.3. The van der Waals surface area contributed by atoms with Crippen molar-refractivity contribution in [2.45, 2.75) is 6.92 Å². The molecule has 0 unspecified atom stereocenters. The number of ether oxygens (including phenoxy) is 2. The molecule has 2 amide bonds. The number of rotatable bonds is 10. The number of non-ortho nitro benzene ring substituents is 1. The lowest BCUT2D eigenvalue weighted by molar-refractivity contribution is -0.384. The Bertz CT molecular complexity index is 918. The maximum Gasteiger partial charge on any atom is 0.273 e. The number of anilines is 2. The normalized spacial score (nSPS) is 10.4. The minimum atomic E-state index is -0.548. The molecule has 10 nitrogen and oxygen atoms in total. The van der Waals surface area contributed by atoms with E-state index in [9.17, 15) is 19.7 Å². The Balaban J connectivity index is 1.97. The second kappa shape index (κ2) is 10.8. The van der Waals surface area contributed by atoms with Gasteiger partial charge in [-0.1, -0.05) is 19.1 Å². The number of nitro benzene ring substituents is 1. The highest BCUT2D eigenvalue weighted by atomic mass is 16.6. The van der Waals surface area contributed by atoms with Crippen molar-refractivity contribution >= 4 is 28.9 Å². The Morgan fingerprint density at radius 1 is 0.967 bits per heavy atom. The Morgan fingerprint density at radius 2 is 1.53 bits per heavy atom. The first-order chi connectivity index (χ1) is 14.4. The van der Waals surface area contributed by atoms with E-state index in [1.165, 1.54) is 32.4 Å². The van der Waals surface area contributed by atoms with Crippen molar-refractivity contribution in [3.63, 3.8) is 0 Å². The van der Waals surface area contributed by atoms with E-state index in [4.69, 9.17) is 9.47 Å². The van der Waals surface area contributed by atoms with Crippen LogP contribution in [0.4, 0.5) is 17.1 Å². The zero-order chi connectivity index (χ0) is 22.1. The maximum atomic E-state index is 12.4. The molecular weight excluding hydrogens is 392 g/mol. The summed E-state index contributed by atoms with van der Waals surface area (Å²) in [6.45, 7) is 2.25. The molecule has 0 fully saturated rings. The molecule has 0 aliphatic carbocycles. The molecule has 0 atom stereocenters. The van der Waals surface area contributed by atoms with Crippen LogP contribution in [-0.4, -0.2) is 55.5 Å². The molecule has 160 valence electrons. The summed E-state index contributed by atoms with van der Waals surface area (Å²) in [6.07, 6.45) is 0. The zero-order valence-electron chi connectivity index (χ0n) is 17.0. The average molecular weight is 416 g/mol. The van der Waals surface area contributed by atoms with Gasteiger partial charge in [-0.2, -0.15) is 0 Å². The van der Waals surface area contributed by atoms with Crippen LogP contribution in [0.15, 0.2) is 42.5 Å². The molecule has 0 aliphatic rings. The van der Waals surface area contributed by atoms with Crippen LogP contribution in [0.5, 0.6) is 11.5 Å². The van der Waals surface area contributed by atoms with Gasteiger partial charge in [0.2, 0.25) is 11.8 Å². The number of methoxy groups -OCH3 is 2. The van der Waals surface area contributed by atoms with Gasteiger partial charge >= 0.3 is 0 Å². The molecule has 0 spiro atoms. The number of nitro groups is 1. The van der Waals surface area contributed by atoms with Crippen LogP contribution < -0.4 is 20.1 Å². The summed E-state index contributed by atoms with van der Waals surface area (Å²) < 4.78 is 10.3. The van der Waals surface area contributed by atoms with Crippen molar-refractivity contribution < 1.29 is 24.0 Å². The lowest BCUT2D eigenvalue weighted by Gasteiger charge is -2.20. The van der Waals surface area contributed by atoms with Crippen LogP contribution in [0.3, 0.4) is 0 Å². The number of carbonyl (C=O) groups is 2. The minimum Gasteiger partial charge on any atom is -0.495 e. The van der Waals surface area contributed by atoms with E-state index < -0.39 is 4.92 Å². The summed E-state index contributed by atoms with van der Waals surface area (Å²) in [7, 11) is 2.87. The van der Waals surface area contributed by atoms with E-state index in [1.807, 2.05) is 6.92 Å². The van der Waals surface area contributed by atoms with E-state index in [0.717, 1.165) is 0 Å². The number of amides is 2. The van der Waals surface area contributed by atoms with Crippen LogP contribution in [-0.2, 0) is 9.59 Å². The molecule has 0 saturated carbocycles. The maximum absolute atomic E-state index is 12.4. The highest BCUT2D eigenvalue weighted by Gasteiger charge is 2.17. The van der Waals surface area contributed by atoms with E-state index in [2.05, 4.69) is 10.6 Å². The number of hydrogen-bond donors (Lipinski definition) is 2. The van der Waals surface area contributed by atoms with E-state index in [-0.39, 0.29) is 36.3 Å². The van der Waals surface area contributed by atoms with Crippen molar-refractivity contribution in [1.82, 2.24) is 4.90 Å². The molecule has 0 bridgehead atoms. The van der Waals surface area contributed by atoms with Crippen LogP contribution in [0.25, 0.3) is 0 Å². The topological polar surface area (TPSA) is 123 Å². The average Bonchev–Trinajstić information content (AvgIpc) is 2.73. The molecule has 2 N–H and O–H groups in total. The zero-order valence-corrected chi connectivity index (χ0v) is 17.0. The number of nitrogens with zero attached hydrogens (tertiary/aromatic N) is 2. The lowest BCUT2D eigenvalue weighted by atomic mass is 10.2. The van der Waals surface area contributed by atoms with Crippen LogP contribution in [0.1, 0.15) is 6.92 Å². The molecule has 2 aromatic rings. The van der Waals surface area contributed by atoms with Gasteiger partial charge in [-0.15, -0.1) is 0 Å². The van der Waals surface area contributed by atoms with Gasteiger partial charge in [-0.3, -0.25) is 24.6 Å². The molecule has 0 heterocycles. The van der Waals surface area contributed by atoms with Gasteiger partial charge in [0, 0.05) is 6.07 Å². The third-order valence-corrected chi connectivity index (χ3v) is 4.23. The smallest absolute Gasteiger partial charge is 0.273 e. The molecule has 30 heavy (non-hydrogen) atoms. The highest BCUT2D eigenvalue weighted by molar-refractivity contribution is 5.96. The number of benzene rings is 2. The highest BCUT2D eigenvalue weighted by Crippen LogP contribution is 2.29. The molecule has 0 aromatic heterocycles. The van der Waals surface area contributed by atoms with E-state index in [1.54, 1.807) is 29.2 Å². The van der Waals surface area contributed by atoms with Crippen molar-refractivity contribution in [3.8, 4) is 11.5 Å². The lowest BCUT2D eigenvalue weighted by Crippen LogP contribution is -2.38. The van der Waals surface area contributed by atoms with Gasteiger partial charge in [0.15, 0.2) is 0 Å². The Kier molecular flexibility index (Phi) is 8.12. The standard InChI is InChI=1S/C20H24N4O6/c1-4-23(12-19(25)21-15-7-5-6-8-17(15)29-2)13-20(26)22-16-10-9-14(24(27)28)11-18(16)30-3/h5-11H,4,12-13H2,1-3H3,(H,21,25)(H,22,26). The predicted molar refractivity (Wildman–Crippen MR) is 112 cm³/mol. The van der Waals surface area contributed by atoms with Gasteiger partial charge in [0.05, 0.1) is 49.7 Å².